The van der Waals surface area contributed by atoms with Crippen LogP contribution in [-0.4, -0.2) is 83.5 Å². The Morgan fingerprint density at radius 3 is 2.69 bits per heavy atom. The molecule has 1 aromatic heterocycles. The molecule has 3 aliphatic rings. The Kier molecular flexibility index (Phi) is 7.19. The van der Waals surface area contributed by atoms with Crippen molar-refractivity contribution in [2.75, 3.05) is 44.3 Å². The molecule has 3 aromatic rings. The summed E-state index contributed by atoms with van der Waals surface area (Å²) in [5.41, 5.74) is -1.95. The molecule has 4 atom stereocenters. The van der Waals surface area contributed by atoms with Gasteiger partial charge in [-0.05, 0) is 36.2 Å². The number of rotatable bonds is 8. The average Bonchev–Trinajstić information content (AvgIpc) is 3.46. The van der Waals surface area contributed by atoms with Crippen LogP contribution in [0.3, 0.4) is 0 Å². The fourth-order valence-corrected chi connectivity index (χ4v) is 7.26. The minimum Gasteiger partial charge on any atom is -0.493 e. The maximum absolute atomic E-state index is 14.5. The highest BCUT2D eigenvalue weighted by Crippen LogP contribution is 2.51. The molecule has 12 nitrogen and oxygen atoms in total. The molecule has 220 valence electrons. The van der Waals surface area contributed by atoms with E-state index in [1.807, 2.05) is 0 Å². The summed E-state index contributed by atoms with van der Waals surface area (Å²) in [6.07, 6.45) is 0.587. The van der Waals surface area contributed by atoms with Gasteiger partial charge >= 0.3 is 11.4 Å². The number of benzene rings is 2. The molecule has 0 radical (unpaired) electrons. The quantitative estimate of drug-likeness (QED) is 0.362. The number of fused-ring (bicyclic) bond motifs is 2. The summed E-state index contributed by atoms with van der Waals surface area (Å²) in [6.45, 7) is 9.49. The third kappa shape index (κ3) is 4.26. The summed E-state index contributed by atoms with van der Waals surface area (Å²) in [4.78, 5) is 16.8. The molecule has 3 saturated heterocycles. The van der Waals surface area contributed by atoms with E-state index in [0.29, 0.717) is 33.8 Å². The molecule has 3 fully saturated rings. The molecule has 3 aliphatic heterocycles. The zero-order valence-corrected chi connectivity index (χ0v) is 24.3. The molecule has 0 unspecified atom stereocenters. The molecule has 2 aromatic carbocycles. The standard InChI is InChI=1S/C27H27ClFN6O6S/c1-30-26-20(37-3)12-39-27(26,31-2)21(13-40-26)41-19-10-15(29)6-7-16(19)34-25-22-17(32-14-33-25)11-18(24(38-4)23(22)28)35-42(36)8-5-9-42/h2,6-7,10-11,14,20-21H,1,5,8-9,12-13H2,3-4H3,(H,32,33,34)/q+1/t20-,21-,26-,27-/m1/s1. The lowest BCUT2D eigenvalue weighted by molar-refractivity contribution is -0.104. The van der Waals surface area contributed by atoms with Gasteiger partial charge in [0.05, 0.1) is 51.7 Å². The van der Waals surface area contributed by atoms with Gasteiger partial charge in [-0.1, -0.05) is 11.6 Å². The van der Waals surface area contributed by atoms with Crippen LogP contribution in [0.4, 0.5) is 21.6 Å². The Morgan fingerprint density at radius 1 is 1.24 bits per heavy atom. The van der Waals surface area contributed by atoms with Crippen LogP contribution in [0.15, 0.2) is 39.9 Å². The molecule has 0 amide bonds. The van der Waals surface area contributed by atoms with Crippen molar-refractivity contribution < 1.29 is 32.3 Å². The van der Waals surface area contributed by atoms with E-state index >= 15 is 0 Å². The number of hydrogen-bond donors (Lipinski definition) is 1. The predicted molar refractivity (Wildman–Crippen MR) is 156 cm³/mol. The van der Waals surface area contributed by atoms with E-state index in [0.717, 1.165) is 6.42 Å². The molecule has 0 bridgehead atoms. The SMILES string of the molecule is C#[N+][C@]12OC[C@@H](OC)[C@@]1(N=C)OC[C@H]2Oc1cc(F)ccc1Nc1ncnc2cc(N=S3(=O)CCC3)c(OC)c(Cl)c12. The van der Waals surface area contributed by atoms with E-state index in [2.05, 4.69) is 36.2 Å². The second-order valence-electron chi connectivity index (χ2n) is 9.88. The number of halogens is 2. The van der Waals surface area contributed by atoms with Gasteiger partial charge in [0.1, 0.15) is 35.5 Å². The van der Waals surface area contributed by atoms with E-state index in [-0.39, 0.29) is 35.6 Å². The molecule has 0 saturated carbocycles. The van der Waals surface area contributed by atoms with E-state index in [9.17, 15) is 8.60 Å². The second-order valence-corrected chi connectivity index (χ2v) is 12.8. The summed E-state index contributed by atoms with van der Waals surface area (Å²) in [7, 11) is 0.583. The van der Waals surface area contributed by atoms with Gasteiger partial charge in [0.15, 0.2) is 5.75 Å². The Hall–Kier alpha value is -3.61. The number of ether oxygens (including phenoxy) is 5. The van der Waals surface area contributed by atoms with Gasteiger partial charge in [-0.25, -0.2) is 18.6 Å². The number of anilines is 2. The van der Waals surface area contributed by atoms with Gasteiger partial charge in [-0.2, -0.15) is 4.36 Å². The van der Waals surface area contributed by atoms with Crippen molar-refractivity contribution in [3.8, 4) is 18.1 Å². The lowest BCUT2D eigenvalue weighted by Gasteiger charge is -2.26. The first-order chi connectivity index (χ1) is 20.2. The van der Waals surface area contributed by atoms with E-state index < -0.39 is 39.2 Å². The van der Waals surface area contributed by atoms with Crippen LogP contribution in [0.1, 0.15) is 6.42 Å². The molecular formula is C27H27ClFN6O6S+. The maximum Gasteiger partial charge on any atom is 0.475 e. The van der Waals surface area contributed by atoms with Gasteiger partial charge in [-0.3, -0.25) is 9.73 Å². The maximum atomic E-state index is 14.5. The van der Waals surface area contributed by atoms with Gasteiger partial charge in [0, 0.05) is 24.7 Å². The molecule has 0 spiro atoms. The fourth-order valence-electron chi connectivity index (χ4n) is 5.44. The van der Waals surface area contributed by atoms with Crippen LogP contribution in [0, 0.1) is 12.4 Å². The molecule has 6 rings (SSSR count). The van der Waals surface area contributed by atoms with Gasteiger partial charge in [0.25, 0.3) is 6.57 Å². The summed E-state index contributed by atoms with van der Waals surface area (Å²) in [5.74, 6) is 1.06. The van der Waals surface area contributed by atoms with Gasteiger partial charge in [0.2, 0.25) is 6.10 Å². The zero-order valence-electron chi connectivity index (χ0n) is 22.7. The average molecular weight is 618 g/mol. The highest BCUT2D eigenvalue weighted by Gasteiger charge is 2.82. The largest absolute Gasteiger partial charge is 0.493 e. The summed E-state index contributed by atoms with van der Waals surface area (Å²) in [6, 6.07) is 5.56. The minimum atomic E-state index is -2.35. The predicted octanol–water partition coefficient (Wildman–Crippen LogP) is 4.56. The number of aromatic nitrogens is 2. The summed E-state index contributed by atoms with van der Waals surface area (Å²) < 4.78 is 61.0. The minimum absolute atomic E-state index is 0.0511. The van der Waals surface area contributed by atoms with Crippen molar-refractivity contribution in [2.24, 2.45) is 9.36 Å². The monoisotopic (exact) mass is 617 g/mol. The first kappa shape index (κ1) is 28.5. The molecule has 0 aliphatic carbocycles. The van der Waals surface area contributed by atoms with Crippen LogP contribution in [0.5, 0.6) is 11.5 Å². The lowest BCUT2D eigenvalue weighted by atomic mass is 9.95. The fraction of sp³-hybridized carbons (Fsp3) is 0.407. The third-order valence-electron chi connectivity index (χ3n) is 7.67. The van der Waals surface area contributed by atoms with Crippen molar-refractivity contribution in [2.45, 2.75) is 30.1 Å². The molecule has 4 heterocycles. The third-order valence-corrected chi connectivity index (χ3v) is 10.4. The Morgan fingerprint density at radius 2 is 2.02 bits per heavy atom. The van der Waals surface area contributed by atoms with Crippen LogP contribution in [0.25, 0.3) is 15.7 Å². The Labute approximate surface area is 246 Å². The first-order valence-electron chi connectivity index (χ1n) is 12.9. The van der Waals surface area contributed by atoms with Crippen molar-refractivity contribution in [3.05, 3.63) is 46.3 Å². The van der Waals surface area contributed by atoms with Crippen LogP contribution in [0.2, 0.25) is 5.02 Å². The number of nitrogens with zero attached hydrogens (tertiary/aromatic N) is 5. The second kappa shape index (κ2) is 10.6. The summed E-state index contributed by atoms with van der Waals surface area (Å²) >= 11 is 6.79. The molecule has 15 heteroatoms. The normalized spacial score (nSPS) is 27.5. The highest BCUT2D eigenvalue weighted by atomic mass is 35.5. The van der Waals surface area contributed by atoms with Crippen molar-refractivity contribution >= 4 is 56.1 Å². The van der Waals surface area contributed by atoms with Crippen molar-refractivity contribution in [3.63, 3.8) is 0 Å². The van der Waals surface area contributed by atoms with Gasteiger partial charge < -0.3 is 24.3 Å². The smallest absolute Gasteiger partial charge is 0.475 e. The molecule has 42 heavy (non-hydrogen) atoms. The topological polar surface area (TPSA) is 130 Å². The van der Waals surface area contributed by atoms with E-state index in [4.69, 9.17) is 41.9 Å². The van der Waals surface area contributed by atoms with E-state index in [1.165, 1.54) is 38.7 Å². The zero-order chi connectivity index (χ0) is 29.7. The highest BCUT2D eigenvalue weighted by molar-refractivity contribution is 7.95. The number of methoxy groups -OCH3 is 2. The Balaban J connectivity index is 1.39. The molecular weight excluding hydrogens is 591 g/mol. The van der Waals surface area contributed by atoms with Crippen molar-refractivity contribution in [1.29, 1.82) is 0 Å². The lowest BCUT2D eigenvalue weighted by Crippen LogP contribution is -2.55. The van der Waals surface area contributed by atoms with Crippen LogP contribution < -0.4 is 14.8 Å². The van der Waals surface area contributed by atoms with Crippen LogP contribution >= 0.6 is 11.6 Å². The van der Waals surface area contributed by atoms with E-state index in [1.54, 1.807) is 6.07 Å². The number of nitrogens with one attached hydrogen (secondary N) is 1. The van der Waals surface area contributed by atoms with Crippen LogP contribution in [-0.2, 0) is 23.9 Å². The first-order valence-corrected chi connectivity index (χ1v) is 15.1. The van der Waals surface area contributed by atoms with Gasteiger partial charge in [-0.15, -0.1) is 0 Å². The molecule has 1 N–H and O–H groups in total. The Bertz CT molecular complexity index is 1750. The number of aliphatic imine (C=N–C) groups is 1. The summed E-state index contributed by atoms with van der Waals surface area (Å²) in [5, 5.41) is 3.73. The van der Waals surface area contributed by atoms with Crippen molar-refractivity contribution in [1.82, 2.24) is 9.97 Å². The number of hydrogen-bond acceptors (Lipinski definition) is 11.